The second kappa shape index (κ2) is 3.46. The SMILES string of the molecule is COc1c(C(=O)O)cc2c(c1N)CCC2. The predicted octanol–water partition coefficient (Wildman–Crippen LogP) is 1.46. The third-order valence-corrected chi connectivity index (χ3v) is 2.83. The molecule has 0 atom stereocenters. The lowest BCUT2D eigenvalue weighted by Gasteiger charge is -2.12. The molecule has 0 aliphatic heterocycles. The molecule has 0 saturated carbocycles. The van der Waals surface area contributed by atoms with Gasteiger partial charge in [0.1, 0.15) is 5.56 Å². The summed E-state index contributed by atoms with van der Waals surface area (Å²) in [5.41, 5.74) is 8.65. The summed E-state index contributed by atoms with van der Waals surface area (Å²) in [6.07, 6.45) is 2.85. The van der Waals surface area contributed by atoms with Gasteiger partial charge in [0.25, 0.3) is 0 Å². The lowest BCUT2D eigenvalue weighted by molar-refractivity contribution is 0.0693. The Bertz CT molecular complexity index is 426. The van der Waals surface area contributed by atoms with Crippen LogP contribution in [0, 0.1) is 0 Å². The van der Waals surface area contributed by atoms with Crippen LogP contribution in [0.25, 0.3) is 0 Å². The van der Waals surface area contributed by atoms with Crippen molar-refractivity contribution in [1.29, 1.82) is 0 Å². The average molecular weight is 207 g/mol. The Hall–Kier alpha value is -1.71. The zero-order chi connectivity index (χ0) is 11.0. The van der Waals surface area contributed by atoms with Crippen molar-refractivity contribution in [3.05, 3.63) is 22.8 Å². The monoisotopic (exact) mass is 207 g/mol. The first-order chi connectivity index (χ1) is 7.15. The van der Waals surface area contributed by atoms with Crippen molar-refractivity contribution in [3.8, 4) is 5.75 Å². The molecule has 4 nitrogen and oxygen atoms in total. The summed E-state index contributed by atoms with van der Waals surface area (Å²) in [6.45, 7) is 0. The summed E-state index contributed by atoms with van der Waals surface area (Å²) in [4.78, 5) is 11.0. The van der Waals surface area contributed by atoms with Crippen molar-refractivity contribution < 1.29 is 14.6 Å². The Balaban J connectivity index is 2.66. The number of benzene rings is 1. The molecular weight excluding hydrogens is 194 g/mol. The fourth-order valence-corrected chi connectivity index (χ4v) is 2.13. The molecule has 0 unspecified atom stereocenters. The average Bonchev–Trinajstić information content (AvgIpc) is 2.65. The molecule has 80 valence electrons. The number of methoxy groups -OCH3 is 1. The maximum absolute atomic E-state index is 11.0. The van der Waals surface area contributed by atoms with E-state index in [1.807, 2.05) is 0 Å². The number of aromatic carboxylic acids is 1. The van der Waals surface area contributed by atoms with Gasteiger partial charge in [0.2, 0.25) is 0 Å². The smallest absolute Gasteiger partial charge is 0.339 e. The number of anilines is 1. The third kappa shape index (κ3) is 1.42. The van der Waals surface area contributed by atoms with Crippen molar-refractivity contribution in [2.24, 2.45) is 0 Å². The van der Waals surface area contributed by atoms with E-state index >= 15 is 0 Å². The molecule has 0 radical (unpaired) electrons. The Morgan fingerprint density at radius 3 is 2.87 bits per heavy atom. The minimum atomic E-state index is -0.992. The van der Waals surface area contributed by atoms with Crippen LogP contribution in [-0.2, 0) is 12.8 Å². The van der Waals surface area contributed by atoms with E-state index in [0.717, 1.165) is 30.4 Å². The quantitative estimate of drug-likeness (QED) is 0.720. The second-order valence-corrected chi connectivity index (χ2v) is 3.67. The summed E-state index contributed by atoms with van der Waals surface area (Å²) >= 11 is 0. The number of ether oxygens (including phenoxy) is 1. The Labute approximate surface area is 87.7 Å². The number of hydrogen-bond donors (Lipinski definition) is 2. The van der Waals surface area contributed by atoms with Crippen LogP contribution in [0.15, 0.2) is 6.07 Å². The van der Waals surface area contributed by atoms with E-state index in [4.69, 9.17) is 15.6 Å². The predicted molar refractivity (Wildman–Crippen MR) is 56.4 cm³/mol. The molecule has 15 heavy (non-hydrogen) atoms. The maximum Gasteiger partial charge on any atom is 0.339 e. The summed E-state index contributed by atoms with van der Waals surface area (Å²) in [7, 11) is 1.44. The van der Waals surface area contributed by atoms with Crippen LogP contribution < -0.4 is 10.5 Å². The van der Waals surface area contributed by atoms with Crippen molar-refractivity contribution in [2.45, 2.75) is 19.3 Å². The summed E-state index contributed by atoms with van der Waals surface area (Å²) in [5.74, 6) is -0.698. The van der Waals surface area contributed by atoms with E-state index in [0.29, 0.717) is 11.4 Å². The first kappa shape index (κ1) is 9.83. The highest BCUT2D eigenvalue weighted by atomic mass is 16.5. The molecule has 1 aliphatic carbocycles. The fourth-order valence-electron chi connectivity index (χ4n) is 2.13. The number of fused-ring (bicyclic) bond motifs is 1. The van der Waals surface area contributed by atoms with E-state index in [2.05, 4.69) is 0 Å². The molecule has 0 spiro atoms. The highest BCUT2D eigenvalue weighted by Gasteiger charge is 2.23. The zero-order valence-electron chi connectivity index (χ0n) is 8.54. The van der Waals surface area contributed by atoms with Gasteiger partial charge in [0.15, 0.2) is 5.75 Å². The Morgan fingerprint density at radius 2 is 2.27 bits per heavy atom. The molecule has 3 N–H and O–H groups in total. The molecule has 0 fully saturated rings. The van der Waals surface area contributed by atoms with Crippen LogP contribution in [-0.4, -0.2) is 18.2 Å². The van der Waals surface area contributed by atoms with Crippen molar-refractivity contribution >= 4 is 11.7 Å². The zero-order valence-corrected chi connectivity index (χ0v) is 8.54. The molecular formula is C11H13NO3. The van der Waals surface area contributed by atoms with Crippen molar-refractivity contribution in [2.75, 3.05) is 12.8 Å². The third-order valence-electron chi connectivity index (χ3n) is 2.83. The summed E-state index contributed by atoms with van der Waals surface area (Å²) in [5, 5.41) is 9.02. The van der Waals surface area contributed by atoms with Gasteiger partial charge in [-0.15, -0.1) is 0 Å². The van der Waals surface area contributed by atoms with E-state index in [1.165, 1.54) is 7.11 Å². The molecule has 1 aromatic rings. The van der Waals surface area contributed by atoms with E-state index < -0.39 is 5.97 Å². The van der Waals surface area contributed by atoms with E-state index in [-0.39, 0.29) is 5.56 Å². The van der Waals surface area contributed by atoms with Gasteiger partial charge in [-0.2, -0.15) is 0 Å². The number of carboxylic acids is 1. The van der Waals surface area contributed by atoms with Crippen LogP contribution in [0.1, 0.15) is 27.9 Å². The van der Waals surface area contributed by atoms with E-state index in [1.54, 1.807) is 6.07 Å². The number of nitrogen functional groups attached to an aromatic ring is 1. The molecule has 0 heterocycles. The van der Waals surface area contributed by atoms with Gasteiger partial charge in [0.05, 0.1) is 12.8 Å². The molecule has 0 bridgehead atoms. The molecule has 0 amide bonds. The van der Waals surface area contributed by atoms with Crippen molar-refractivity contribution in [1.82, 2.24) is 0 Å². The van der Waals surface area contributed by atoms with Gasteiger partial charge >= 0.3 is 5.97 Å². The molecule has 2 rings (SSSR count). The lowest BCUT2D eigenvalue weighted by atomic mass is 10.0. The number of hydrogen-bond acceptors (Lipinski definition) is 3. The van der Waals surface area contributed by atoms with Gasteiger partial charge in [-0.05, 0) is 36.5 Å². The van der Waals surface area contributed by atoms with Gasteiger partial charge in [-0.3, -0.25) is 0 Å². The summed E-state index contributed by atoms with van der Waals surface area (Å²) < 4.78 is 5.06. The van der Waals surface area contributed by atoms with Gasteiger partial charge < -0.3 is 15.6 Å². The molecule has 4 heteroatoms. The fraction of sp³-hybridized carbons (Fsp3) is 0.364. The molecule has 1 aromatic carbocycles. The minimum absolute atomic E-state index is 0.163. The highest BCUT2D eigenvalue weighted by Crippen LogP contribution is 2.37. The standard InChI is InChI=1S/C11H13NO3/c1-15-10-8(11(13)14)5-6-3-2-4-7(6)9(10)12/h5H,2-4,12H2,1H3,(H,13,14). The van der Waals surface area contributed by atoms with Crippen LogP contribution in [0.4, 0.5) is 5.69 Å². The second-order valence-electron chi connectivity index (χ2n) is 3.67. The first-order valence-electron chi connectivity index (χ1n) is 4.86. The Morgan fingerprint density at radius 1 is 1.53 bits per heavy atom. The number of carboxylic acid groups (broad SMARTS) is 1. The van der Waals surface area contributed by atoms with Gasteiger partial charge in [0, 0.05) is 0 Å². The highest BCUT2D eigenvalue weighted by molar-refractivity contribution is 5.94. The van der Waals surface area contributed by atoms with Gasteiger partial charge in [-0.25, -0.2) is 4.79 Å². The van der Waals surface area contributed by atoms with Crippen LogP contribution >= 0.6 is 0 Å². The van der Waals surface area contributed by atoms with E-state index in [9.17, 15) is 4.79 Å². The minimum Gasteiger partial charge on any atom is -0.494 e. The van der Waals surface area contributed by atoms with Crippen LogP contribution in [0.5, 0.6) is 5.75 Å². The molecule has 0 aromatic heterocycles. The van der Waals surface area contributed by atoms with Crippen LogP contribution in [0.2, 0.25) is 0 Å². The van der Waals surface area contributed by atoms with Gasteiger partial charge in [-0.1, -0.05) is 0 Å². The van der Waals surface area contributed by atoms with Crippen molar-refractivity contribution in [3.63, 3.8) is 0 Å². The topological polar surface area (TPSA) is 72.5 Å². The number of carbonyl (C=O) groups is 1. The largest absolute Gasteiger partial charge is 0.494 e. The maximum atomic E-state index is 11.0. The Kier molecular flexibility index (Phi) is 2.26. The number of aryl methyl sites for hydroxylation is 1. The molecule has 0 saturated heterocycles. The van der Waals surface area contributed by atoms with Crippen LogP contribution in [0.3, 0.4) is 0 Å². The lowest BCUT2D eigenvalue weighted by Crippen LogP contribution is -2.06. The number of rotatable bonds is 2. The summed E-state index contributed by atoms with van der Waals surface area (Å²) in [6, 6.07) is 1.68. The number of nitrogens with two attached hydrogens (primary N) is 1. The normalized spacial score (nSPS) is 13.7. The first-order valence-corrected chi connectivity index (χ1v) is 4.86. The molecule has 1 aliphatic rings.